The Bertz CT molecular complexity index is 727. The molecule has 1 aromatic heterocycles. The van der Waals surface area contributed by atoms with Gasteiger partial charge in [-0.2, -0.15) is 0 Å². The van der Waals surface area contributed by atoms with Crippen molar-refractivity contribution in [2.45, 2.75) is 25.4 Å². The van der Waals surface area contributed by atoms with Crippen LogP contribution in [0, 0.1) is 5.82 Å². The summed E-state index contributed by atoms with van der Waals surface area (Å²) in [4.78, 5) is 6.72. The number of piperidine rings is 1. The second-order valence-corrected chi connectivity index (χ2v) is 7.18. The molecule has 0 radical (unpaired) electrons. The van der Waals surface area contributed by atoms with Crippen molar-refractivity contribution in [3.8, 4) is 5.75 Å². The maximum atomic E-state index is 13.8. The molecule has 0 atom stereocenters. The third kappa shape index (κ3) is 4.66. The molecule has 1 fully saturated rings. The quantitative estimate of drug-likeness (QED) is 0.621. The zero-order valence-corrected chi connectivity index (χ0v) is 16.0. The average molecular weight is 377 g/mol. The van der Waals surface area contributed by atoms with Gasteiger partial charge in [-0.1, -0.05) is 6.07 Å². The summed E-state index contributed by atoms with van der Waals surface area (Å²) >= 11 is 1.79. The Morgan fingerprint density at radius 1 is 1.35 bits per heavy atom. The fourth-order valence-corrected chi connectivity index (χ4v) is 3.87. The van der Waals surface area contributed by atoms with E-state index in [-0.39, 0.29) is 11.6 Å². The summed E-state index contributed by atoms with van der Waals surface area (Å²) in [6, 6.07) is 9.64. The van der Waals surface area contributed by atoms with E-state index in [1.165, 1.54) is 18.2 Å². The van der Waals surface area contributed by atoms with Crippen molar-refractivity contribution in [2.75, 3.05) is 32.1 Å². The second kappa shape index (κ2) is 8.89. The predicted octanol–water partition coefficient (Wildman–Crippen LogP) is 3.23. The van der Waals surface area contributed by atoms with Gasteiger partial charge in [0.15, 0.2) is 17.5 Å². The standard InChI is InChI=1S/C19H25FN4OS/c1-21-19(22-13-14-5-6-17(25-2)16(20)12-14)23-15-7-9-24(10-8-15)18-4-3-11-26-18/h3-6,11-12,15H,7-10,13H2,1-2H3,(H2,21,22,23). The van der Waals surface area contributed by atoms with Gasteiger partial charge in [-0.15, -0.1) is 11.3 Å². The summed E-state index contributed by atoms with van der Waals surface area (Å²) in [5, 5.41) is 10.2. The zero-order chi connectivity index (χ0) is 18.4. The molecule has 0 saturated carbocycles. The normalized spacial score (nSPS) is 15.8. The van der Waals surface area contributed by atoms with Crippen molar-refractivity contribution in [1.82, 2.24) is 10.6 Å². The largest absolute Gasteiger partial charge is 0.494 e. The molecule has 2 aromatic rings. The van der Waals surface area contributed by atoms with Crippen molar-refractivity contribution in [1.29, 1.82) is 0 Å². The van der Waals surface area contributed by atoms with E-state index in [0.29, 0.717) is 12.6 Å². The number of nitrogens with one attached hydrogen (secondary N) is 2. The Kier molecular flexibility index (Phi) is 6.33. The molecule has 1 saturated heterocycles. The third-order valence-electron chi connectivity index (χ3n) is 4.55. The molecule has 26 heavy (non-hydrogen) atoms. The van der Waals surface area contributed by atoms with Gasteiger partial charge < -0.3 is 20.3 Å². The minimum atomic E-state index is -0.351. The summed E-state index contributed by atoms with van der Waals surface area (Å²) < 4.78 is 18.7. The highest BCUT2D eigenvalue weighted by atomic mass is 32.1. The van der Waals surface area contributed by atoms with E-state index < -0.39 is 0 Å². The number of anilines is 1. The molecule has 1 aromatic carbocycles. The van der Waals surface area contributed by atoms with E-state index in [1.807, 2.05) is 6.07 Å². The van der Waals surface area contributed by atoms with E-state index in [0.717, 1.165) is 37.5 Å². The van der Waals surface area contributed by atoms with Crippen molar-refractivity contribution in [3.05, 3.63) is 47.1 Å². The third-order valence-corrected chi connectivity index (χ3v) is 5.48. The molecular formula is C19H25FN4OS. The van der Waals surface area contributed by atoms with E-state index in [4.69, 9.17) is 4.74 Å². The van der Waals surface area contributed by atoms with Gasteiger partial charge in [0.05, 0.1) is 12.1 Å². The summed E-state index contributed by atoms with van der Waals surface area (Å²) in [5.74, 6) is 0.653. The molecule has 1 aliphatic rings. The second-order valence-electron chi connectivity index (χ2n) is 6.25. The first-order valence-electron chi connectivity index (χ1n) is 8.77. The monoisotopic (exact) mass is 376 g/mol. The van der Waals surface area contributed by atoms with Gasteiger partial charge in [-0.25, -0.2) is 4.39 Å². The minimum absolute atomic E-state index is 0.258. The number of rotatable bonds is 5. The van der Waals surface area contributed by atoms with Gasteiger partial charge in [0.1, 0.15) is 0 Å². The molecule has 0 unspecified atom stereocenters. The van der Waals surface area contributed by atoms with Crippen molar-refractivity contribution in [2.24, 2.45) is 4.99 Å². The van der Waals surface area contributed by atoms with Gasteiger partial charge in [0, 0.05) is 32.7 Å². The van der Waals surface area contributed by atoms with Crippen LogP contribution in [0.3, 0.4) is 0 Å². The predicted molar refractivity (Wildman–Crippen MR) is 106 cm³/mol. The first-order chi connectivity index (χ1) is 12.7. The Hall–Kier alpha value is -2.28. The maximum Gasteiger partial charge on any atom is 0.191 e. The van der Waals surface area contributed by atoms with Crippen LogP contribution in [0.5, 0.6) is 5.75 Å². The van der Waals surface area contributed by atoms with Crippen LogP contribution in [0.2, 0.25) is 0 Å². The first-order valence-corrected chi connectivity index (χ1v) is 9.65. The summed E-state index contributed by atoms with van der Waals surface area (Å²) in [7, 11) is 3.22. The lowest BCUT2D eigenvalue weighted by Gasteiger charge is -2.33. The van der Waals surface area contributed by atoms with Crippen LogP contribution in [0.15, 0.2) is 40.7 Å². The summed E-state index contributed by atoms with van der Waals surface area (Å²) in [6.07, 6.45) is 2.13. The number of halogens is 1. The van der Waals surface area contributed by atoms with Crippen LogP contribution in [0.1, 0.15) is 18.4 Å². The van der Waals surface area contributed by atoms with Crippen molar-refractivity contribution in [3.63, 3.8) is 0 Å². The zero-order valence-electron chi connectivity index (χ0n) is 15.2. The molecule has 2 N–H and O–H groups in total. The number of methoxy groups -OCH3 is 1. The molecule has 0 aliphatic carbocycles. The number of guanidine groups is 1. The molecule has 3 rings (SSSR count). The Morgan fingerprint density at radius 3 is 2.77 bits per heavy atom. The number of ether oxygens (including phenoxy) is 1. The van der Waals surface area contributed by atoms with Crippen LogP contribution in [0.4, 0.5) is 9.39 Å². The maximum absolute atomic E-state index is 13.8. The van der Waals surface area contributed by atoms with E-state index in [2.05, 4.69) is 38.0 Å². The lowest BCUT2D eigenvalue weighted by molar-refractivity contribution is 0.386. The highest BCUT2D eigenvalue weighted by molar-refractivity contribution is 7.14. The number of hydrogen-bond acceptors (Lipinski definition) is 4. The van der Waals surface area contributed by atoms with E-state index >= 15 is 0 Å². The molecule has 0 spiro atoms. The highest BCUT2D eigenvalue weighted by Gasteiger charge is 2.20. The first kappa shape index (κ1) is 18.5. The fourth-order valence-electron chi connectivity index (χ4n) is 3.09. The molecule has 1 aliphatic heterocycles. The van der Waals surface area contributed by atoms with Crippen LogP contribution in [-0.4, -0.2) is 39.2 Å². The molecule has 2 heterocycles. The fraction of sp³-hybridized carbons (Fsp3) is 0.421. The SMILES string of the molecule is CN=C(NCc1ccc(OC)c(F)c1)NC1CCN(c2cccs2)CC1. The summed E-state index contributed by atoms with van der Waals surface area (Å²) in [5.41, 5.74) is 0.846. The molecule has 7 heteroatoms. The summed E-state index contributed by atoms with van der Waals surface area (Å²) in [6.45, 7) is 2.59. The van der Waals surface area contributed by atoms with Crippen LogP contribution in [0.25, 0.3) is 0 Å². The van der Waals surface area contributed by atoms with Crippen LogP contribution < -0.4 is 20.3 Å². The van der Waals surface area contributed by atoms with E-state index in [9.17, 15) is 4.39 Å². The average Bonchev–Trinajstić information content (AvgIpc) is 3.20. The minimum Gasteiger partial charge on any atom is -0.494 e. The number of aliphatic imine (C=N–C) groups is 1. The molecule has 140 valence electrons. The lowest BCUT2D eigenvalue weighted by Crippen LogP contribution is -2.48. The molecule has 0 amide bonds. The van der Waals surface area contributed by atoms with Crippen molar-refractivity contribution >= 4 is 22.3 Å². The van der Waals surface area contributed by atoms with Gasteiger partial charge in [0.25, 0.3) is 0 Å². The van der Waals surface area contributed by atoms with Crippen molar-refractivity contribution < 1.29 is 9.13 Å². The van der Waals surface area contributed by atoms with E-state index in [1.54, 1.807) is 24.5 Å². The molecular weight excluding hydrogens is 351 g/mol. The van der Waals surface area contributed by atoms with Gasteiger partial charge in [-0.3, -0.25) is 4.99 Å². The Balaban J connectivity index is 1.47. The smallest absolute Gasteiger partial charge is 0.191 e. The lowest BCUT2D eigenvalue weighted by atomic mass is 10.1. The molecule has 0 bridgehead atoms. The Morgan fingerprint density at radius 2 is 2.15 bits per heavy atom. The highest BCUT2D eigenvalue weighted by Crippen LogP contribution is 2.24. The topological polar surface area (TPSA) is 48.9 Å². The number of hydrogen-bond donors (Lipinski definition) is 2. The van der Waals surface area contributed by atoms with Crippen LogP contribution >= 0.6 is 11.3 Å². The molecule has 5 nitrogen and oxygen atoms in total. The van der Waals surface area contributed by atoms with Crippen LogP contribution in [-0.2, 0) is 6.54 Å². The van der Waals surface area contributed by atoms with Gasteiger partial charge in [0.2, 0.25) is 0 Å². The van der Waals surface area contributed by atoms with Gasteiger partial charge in [-0.05, 0) is 48.1 Å². The Labute approximate surface area is 157 Å². The van der Waals surface area contributed by atoms with Gasteiger partial charge >= 0.3 is 0 Å². The number of benzene rings is 1. The number of thiophene rings is 1. The number of nitrogens with zero attached hydrogens (tertiary/aromatic N) is 2.